The van der Waals surface area contributed by atoms with E-state index < -0.39 is 0 Å². The summed E-state index contributed by atoms with van der Waals surface area (Å²) in [5.41, 5.74) is 1.21. The fourth-order valence-corrected chi connectivity index (χ4v) is 4.20. The van der Waals surface area contributed by atoms with Crippen LogP contribution in [-0.2, 0) is 0 Å². The predicted octanol–water partition coefficient (Wildman–Crippen LogP) is 4.32. The molecule has 1 saturated carbocycles. The van der Waals surface area contributed by atoms with Crippen LogP contribution in [0.4, 0.5) is 11.8 Å². The fraction of sp³-hybridized carbons (Fsp3) is 0.750. The Morgan fingerprint density at radius 3 is 2.29 bits per heavy atom. The molecule has 3 rings (SSSR count). The number of halogens is 1. The Morgan fingerprint density at radius 2 is 1.67 bits per heavy atom. The van der Waals surface area contributed by atoms with E-state index in [0.717, 1.165) is 29.3 Å². The van der Waals surface area contributed by atoms with Crippen LogP contribution in [0.25, 0.3) is 0 Å². The molecular formula is C16H25BrN4. The summed E-state index contributed by atoms with van der Waals surface area (Å²) in [7, 11) is 1.94. The molecule has 1 aromatic heterocycles. The highest BCUT2D eigenvalue weighted by molar-refractivity contribution is 9.10. The number of rotatable bonds is 3. The largest absolute Gasteiger partial charge is 0.372 e. The lowest BCUT2D eigenvalue weighted by Gasteiger charge is -2.23. The van der Waals surface area contributed by atoms with Crippen molar-refractivity contribution in [2.24, 2.45) is 0 Å². The molecule has 21 heavy (non-hydrogen) atoms. The van der Waals surface area contributed by atoms with E-state index in [1.54, 1.807) is 0 Å². The Balaban J connectivity index is 1.93. The number of hydrogen-bond acceptors (Lipinski definition) is 4. The van der Waals surface area contributed by atoms with Crippen molar-refractivity contribution < 1.29 is 0 Å². The van der Waals surface area contributed by atoms with Crippen LogP contribution in [0.5, 0.6) is 0 Å². The topological polar surface area (TPSA) is 41.1 Å². The van der Waals surface area contributed by atoms with Gasteiger partial charge in [0.05, 0.1) is 10.2 Å². The minimum atomic E-state index is 0.597. The predicted molar refractivity (Wildman–Crippen MR) is 91.2 cm³/mol. The van der Waals surface area contributed by atoms with Crippen molar-refractivity contribution in [1.82, 2.24) is 9.97 Å². The minimum Gasteiger partial charge on any atom is -0.372 e. The molecule has 1 aliphatic carbocycles. The fourth-order valence-electron chi connectivity index (χ4n) is 3.50. The SMILES string of the molecule is CNc1nc(N2CCCCCC2)nc(C2CCCC2)c1Br. The molecule has 1 aromatic rings. The highest BCUT2D eigenvalue weighted by atomic mass is 79.9. The maximum Gasteiger partial charge on any atom is 0.227 e. The van der Waals surface area contributed by atoms with E-state index in [1.165, 1.54) is 57.1 Å². The van der Waals surface area contributed by atoms with Gasteiger partial charge in [0, 0.05) is 26.1 Å². The van der Waals surface area contributed by atoms with Crippen LogP contribution in [0.15, 0.2) is 4.47 Å². The molecule has 1 aliphatic heterocycles. The molecule has 0 unspecified atom stereocenters. The van der Waals surface area contributed by atoms with Crippen LogP contribution in [0.1, 0.15) is 63.0 Å². The summed E-state index contributed by atoms with van der Waals surface area (Å²) in [5.74, 6) is 2.46. The van der Waals surface area contributed by atoms with Crippen LogP contribution < -0.4 is 10.2 Å². The van der Waals surface area contributed by atoms with Crippen molar-refractivity contribution in [1.29, 1.82) is 0 Å². The van der Waals surface area contributed by atoms with Crippen LogP contribution in [-0.4, -0.2) is 30.1 Å². The maximum absolute atomic E-state index is 4.96. The van der Waals surface area contributed by atoms with Crippen molar-refractivity contribution in [3.63, 3.8) is 0 Å². The lowest BCUT2D eigenvalue weighted by molar-refractivity contribution is 0.679. The first-order chi connectivity index (χ1) is 10.3. The van der Waals surface area contributed by atoms with Gasteiger partial charge in [-0.2, -0.15) is 4.98 Å². The molecule has 0 atom stereocenters. The molecule has 1 saturated heterocycles. The average molecular weight is 353 g/mol. The van der Waals surface area contributed by atoms with E-state index in [2.05, 4.69) is 26.1 Å². The van der Waals surface area contributed by atoms with E-state index in [9.17, 15) is 0 Å². The third kappa shape index (κ3) is 3.33. The summed E-state index contributed by atoms with van der Waals surface area (Å²) >= 11 is 3.72. The van der Waals surface area contributed by atoms with Gasteiger partial charge in [-0.05, 0) is 41.6 Å². The summed E-state index contributed by atoms with van der Waals surface area (Å²) < 4.78 is 1.07. The smallest absolute Gasteiger partial charge is 0.227 e. The van der Waals surface area contributed by atoms with Gasteiger partial charge < -0.3 is 10.2 Å². The minimum absolute atomic E-state index is 0.597. The molecule has 2 aliphatic rings. The number of anilines is 2. The Kier molecular flexibility index (Phi) is 4.99. The van der Waals surface area contributed by atoms with Crippen LogP contribution in [0.3, 0.4) is 0 Å². The highest BCUT2D eigenvalue weighted by Crippen LogP contribution is 2.39. The maximum atomic E-state index is 4.96. The summed E-state index contributed by atoms with van der Waals surface area (Å²) in [5, 5.41) is 3.23. The quantitative estimate of drug-likeness (QED) is 0.879. The summed E-state index contributed by atoms with van der Waals surface area (Å²) in [6.45, 7) is 2.18. The Labute approximate surface area is 135 Å². The lowest BCUT2D eigenvalue weighted by atomic mass is 10.0. The monoisotopic (exact) mass is 352 g/mol. The van der Waals surface area contributed by atoms with E-state index in [-0.39, 0.29) is 0 Å². The molecule has 5 heteroatoms. The standard InChI is InChI=1S/C16H25BrN4/c1-18-15-13(17)14(12-8-4-5-9-12)19-16(20-15)21-10-6-2-3-7-11-21/h12H,2-11H2,1H3,(H,18,19,20). The zero-order valence-electron chi connectivity index (χ0n) is 12.9. The number of hydrogen-bond donors (Lipinski definition) is 1. The second-order valence-corrected chi connectivity index (χ2v) is 7.00. The Morgan fingerprint density at radius 1 is 1.00 bits per heavy atom. The number of nitrogens with zero attached hydrogens (tertiary/aromatic N) is 3. The van der Waals surface area contributed by atoms with Crippen LogP contribution in [0.2, 0.25) is 0 Å². The second-order valence-electron chi connectivity index (χ2n) is 6.20. The summed E-state index contributed by atoms with van der Waals surface area (Å²) in [6, 6.07) is 0. The van der Waals surface area contributed by atoms with Crippen molar-refractivity contribution in [2.75, 3.05) is 30.4 Å². The van der Waals surface area contributed by atoms with Gasteiger partial charge in [-0.1, -0.05) is 25.7 Å². The molecular weight excluding hydrogens is 328 g/mol. The molecule has 2 fully saturated rings. The average Bonchev–Trinajstić information content (AvgIpc) is 2.90. The van der Waals surface area contributed by atoms with Crippen molar-refractivity contribution in [3.05, 3.63) is 10.2 Å². The van der Waals surface area contributed by atoms with Crippen LogP contribution >= 0.6 is 15.9 Å². The molecule has 116 valence electrons. The molecule has 0 aromatic carbocycles. The van der Waals surface area contributed by atoms with Gasteiger partial charge in [0.15, 0.2) is 0 Å². The third-order valence-electron chi connectivity index (χ3n) is 4.73. The van der Waals surface area contributed by atoms with E-state index in [4.69, 9.17) is 9.97 Å². The normalized spacial score (nSPS) is 20.6. The second kappa shape index (κ2) is 6.95. The first-order valence-corrected chi connectivity index (χ1v) is 9.09. The Bertz CT molecular complexity index is 477. The van der Waals surface area contributed by atoms with E-state index in [0.29, 0.717) is 5.92 Å². The van der Waals surface area contributed by atoms with E-state index in [1.807, 2.05) is 7.05 Å². The van der Waals surface area contributed by atoms with Gasteiger partial charge in [-0.25, -0.2) is 4.98 Å². The molecule has 0 amide bonds. The summed E-state index contributed by atoms with van der Waals surface area (Å²) in [4.78, 5) is 12.1. The zero-order valence-corrected chi connectivity index (χ0v) is 14.5. The van der Waals surface area contributed by atoms with Gasteiger partial charge >= 0.3 is 0 Å². The molecule has 2 heterocycles. The van der Waals surface area contributed by atoms with Gasteiger partial charge in [0.25, 0.3) is 0 Å². The van der Waals surface area contributed by atoms with Crippen LogP contribution in [0, 0.1) is 0 Å². The lowest BCUT2D eigenvalue weighted by Crippen LogP contribution is -2.27. The molecule has 1 N–H and O–H groups in total. The molecule has 4 nitrogen and oxygen atoms in total. The van der Waals surface area contributed by atoms with Gasteiger partial charge in [0.2, 0.25) is 5.95 Å². The van der Waals surface area contributed by atoms with Gasteiger partial charge in [0.1, 0.15) is 5.82 Å². The third-order valence-corrected chi connectivity index (χ3v) is 5.51. The molecule has 0 bridgehead atoms. The molecule has 0 spiro atoms. The first kappa shape index (κ1) is 15.1. The highest BCUT2D eigenvalue weighted by Gasteiger charge is 2.25. The van der Waals surface area contributed by atoms with Gasteiger partial charge in [-0.3, -0.25) is 0 Å². The first-order valence-electron chi connectivity index (χ1n) is 8.29. The van der Waals surface area contributed by atoms with Crippen molar-refractivity contribution in [3.8, 4) is 0 Å². The van der Waals surface area contributed by atoms with Gasteiger partial charge in [-0.15, -0.1) is 0 Å². The molecule has 0 radical (unpaired) electrons. The Hall–Kier alpha value is -0.840. The van der Waals surface area contributed by atoms with E-state index >= 15 is 0 Å². The zero-order chi connectivity index (χ0) is 14.7. The van der Waals surface area contributed by atoms with Crippen molar-refractivity contribution in [2.45, 2.75) is 57.3 Å². The summed E-state index contributed by atoms with van der Waals surface area (Å²) in [6.07, 6.45) is 10.4. The number of nitrogens with one attached hydrogen (secondary N) is 1. The van der Waals surface area contributed by atoms with Crippen molar-refractivity contribution >= 4 is 27.7 Å². The number of aromatic nitrogens is 2.